The van der Waals surface area contributed by atoms with Crippen LogP contribution in [0.25, 0.3) is 0 Å². The minimum Gasteiger partial charge on any atom is -0.445 e. The van der Waals surface area contributed by atoms with Crippen LogP contribution in [0, 0.1) is 17.0 Å². The minimum absolute atomic E-state index is 0.147. The number of non-ortho nitro benzene ring substituents is 1. The van der Waals surface area contributed by atoms with Gasteiger partial charge in [0.25, 0.3) is 5.69 Å². The van der Waals surface area contributed by atoms with Crippen LogP contribution in [0.4, 0.5) is 11.4 Å². The molecule has 0 aromatic heterocycles. The maximum atomic E-state index is 13.2. The van der Waals surface area contributed by atoms with Crippen LogP contribution in [0.2, 0.25) is 0 Å². The number of nitro benzene ring substituents is 1. The molecule has 1 N–H and O–H groups in total. The number of aryl methyl sites for hydroxylation is 1. The van der Waals surface area contributed by atoms with Crippen LogP contribution in [0.3, 0.4) is 0 Å². The van der Waals surface area contributed by atoms with E-state index in [9.17, 15) is 24.5 Å². The molecule has 1 amide bonds. The Kier molecular flexibility index (Phi) is 7.30. The molecule has 3 aromatic carbocycles. The van der Waals surface area contributed by atoms with Gasteiger partial charge in [0, 0.05) is 35.4 Å². The summed E-state index contributed by atoms with van der Waals surface area (Å²) in [6, 6.07) is 18.3. The van der Waals surface area contributed by atoms with Crippen molar-refractivity contribution in [3.05, 3.63) is 105 Å². The molecule has 0 heterocycles. The van der Waals surface area contributed by atoms with Gasteiger partial charge in [-0.15, -0.1) is 0 Å². The molecule has 3 rings (SSSR count). The molecule has 0 fully saturated rings. The lowest BCUT2D eigenvalue weighted by Crippen LogP contribution is -2.20. The normalized spacial score (nSPS) is 11.3. The van der Waals surface area contributed by atoms with Crippen LogP contribution in [-0.4, -0.2) is 22.6 Å². The van der Waals surface area contributed by atoms with E-state index in [2.05, 4.69) is 5.32 Å². The minimum atomic E-state index is -1.31. The predicted molar refractivity (Wildman–Crippen MR) is 122 cm³/mol. The standard InChI is InChI=1S/C25H22N2O6/c1-3-22(28)26-21-15-19(10-9-16(21)2)25(30)33-24(23(29)17-7-5-4-6-8-17)18-11-13-20(14-12-18)27(31)32/h4-15,24H,3H2,1-2H3,(H,26,28)/t24-/m1/s1. The molecule has 3 aromatic rings. The molecule has 0 saturated carbocycles. The highest BCUT2D eigenvalue weighted by Gasteiger charge is 2.27. The summed E-state index contributed by atoms with van der Waals surface area (Å²) in [5.74, 6) is -1.44. The van der Waals surface area contributed by atoms with Gasteiger partial charge in [0.05, 0.1) is 10.5 Å². The number of amides is 1. The summed E-state index contributed by atoms with van der Waals surface area (Å²) in [4.78, 5) is 48.3. The van der Waals surface area contributed by atoms with E-state index in [1.165, 1.54) is 30.3 Å². The van der Waals surface area contributed by atoms with Gasteiger partial charge < -0.3 is 10.1 Å². The number of anilines is 1. The highest BCUT2D eigenvalue weighted by Crippen LogP contribution is 2.27. The number of Topliss-reactive ketones (excluding diaryl/α,β-unsaturated/α-hetero) is 1. The van der Waals surface area contributed by atoms with Gasteiger partial charge in [0.2, 0.25) is 11.7 Å². The van der Waals surface area contributed by atoms with Crippen molar-refractivity contribution in [2.75, 3.05) is 5.32 Å². The van der Waals surface area contributed by atoms with Gasteiger partial charge in [-0.3, -0.25) is 19.7 Å². The van der Waals surface area contributed by atoms with Gasteiger partial charge >= 0.3 is 5.97 Å². The van der Waals surface area contributed by atoms with Crippen molar-refractivity contribution < 1.29 is 24.0 Å². The summed E-state index contributed by atoms with van der Waals surface area (Å²) in [7, 11) is 0. The van der Waals surface area contributed by atoms with Crippen LogP contribution in [-0.2, 0) is 9.53 Å². The summed E-state index contributed by atoms with van der Waals surface area (Å²) < 4.78 is 5.59. The highest BCUT2D eigenvalue weighted by atomic mass is 16.6. The number of esters is 1. The molecule has 8 heteroatoms. The number of nitro groups is 1. The zero-order valence-corrected chi connectivity index (χ0v) is 18.1. The van der Waals surface area contributed by atoms with Crippen molar-refractivity contribution in [3.63, 3.8) is 0 Å². The molecule has 33 heavy (non-hydrogen) atoms. The first-order valence-corrected chi connectivity index (χ1v) is 10.2. The molecule has 0 aliphatic heterocycles. The summed E-state index contributed by atoms with van der Waals surface area (Å²) in [6.07, 6.45) is -1.03. The molecule has 8 nitrogen and oxygen atoms in total. The molecule has 0 bridgehead atoms. The summed E-state index contributed by atoms with van der Waals surface area (Å²) in [5.41, 5.74) is 1.87. The number of nitrogens with one attached hydrogen (secondary N) is 1. The third-order valence-corrected chi connectivity index (χ3v) is 5.00. The fraction of sp³-hybridized carbons (Fsp3) is 0.160. The number of rotatable bonds is 8. The summed E-state index contributed by atoms with van der Waals surface area (Å²) in [5, 5.41) is 13.7. The summed E-state index contributed by atoms with van der Waals surface area (Å²) >= 11 is 0. The van der Waals surface area contributed by atoms with Crippen LogP contribution < -0.4 is 5.32 Å². The van der Waals surface area contributed by atoms with Crippen LogP contribution in [0.15, 0.2) is 72.8 Å². The lowest BCUT2D eigenvalue weighted by atomic mass is 9.99. The monoisotopic (exact) mass is 446 g/mol. The number of ketones is 1. The predicted octanol–water partition coefficient (Wildman–Crippen LogP) is 5.03. The number of hydrogen-bond donors (Lipinski definition) is 1. The van der Waals surface area contributed by atoms with E-state index in [1.54, 1.807) is 56.3 Å². The Balaban J connectivity index is 1.93. The van der Waals surface area contributed by atoms with Crippen molar-refractivity contribution in [1.82, 2.24) is 0 Å². The van der Waals surface area contributed by atoms with Gasteiger partial charge in [0.1, 0.15) is 0 Å². The van der Waals surface area contributed by atoms with Gasteiger partial charge in [-0.05, 0) is 36.8 Å². The zero-order chi connectivity index (χ0) is 24.0. The molecule has 0 radical (unpaired) electrons. The van der Waals surface area contributed by atoms with Crippen LogP contribution >= 0.6 is 0 Å². The second-order valence-electron chi connectivity index (χ2n) is 7.30. The van der Waals surface area contributed by atoms with E-state index in [0.29, 0.717) is 16.8 Å². The van der Waals surface area contributed by atoms with E-state index in [-0.39, 0.29) is 23.6 Å². The Labute approximate surface area is 190 Å². The molecular weight excluding hydrogens is 424 g/mol. The Morgan fingerprint density at radius 1 is 0.970 bits per heavy atom. The van der Waals surface area contributed by atoms with E-state index in [4.69, 9.17) is 4.74 Å². The largest absolute Gasteiger partial charge is 0.445 e. The van der Waals surface area contributed by atoms with Crippen molar-refractivity contribution in [2.45, 2.75) is 26.4 Å². The molecular formula is C25H22N2O6. The summed E-state index contributed by atoms with van der Waals surface area (Å²) in [6.45, 7) is 3.51. The lowest BCUT2D eigenvalue weighted by Gasteiger charge is -2.18. The SMILES string of the molecule is CCC(=O)Nc1cc(C(=O)O[C@@H](C(=O)c2ccccc2)c2ccc([N+](=O)[O-])cc2)ccc1C. The van der Waals surface area contributed by atoms with Crippen molar-refractivity contribution in [2.24, 2.45) is 0 Å². The van der Waals surface area contributed by atoms with Gasteiger partial charge in [-0.2, -0.15) is 0 Å². The van der Waals surface area contributed by atoms with Gasteiger partial charge in [-0.1, -0.05) is 43.3 Å². The fourth-order valence-electron chi connectivity index (χ4n) is 3.09. The Morgan fingerprint density at radius 3 is 2.24 bits per heavy atom. The lowest BCUT2D eigenvalue weighted by molar-refractivity contribution is -0.384. The third-order valence-electron chi connectivity index (χ3n) is 5.00. The first-order chi connectivity index (χ1) is 15.8. The van der Waals surface area contributed by atoms with Crippen molar-refractivity contribution in [3.8, 4) is 0 Å². The van der Waals surface area contributed by atoms with Crippen molar-refractivity contribution >= 4 is 29.0 Å². The Bertz CT molecular complexity index is 1190. The molecule has 0 spiro atoms. The third kappa shape index (κ3) is 5.68. The molecule has 0 unspecified atom stereocenters. The number of benzene rings is 3. The van der Waals surface area contributed by atoms with E-state index >= 15 is 0 Å². The van der Waals surface area contributed by atoms with E-state index in [0.717, 1.165) is 5.56 Å². The molecule has 0 aliphatic carbocycles. The van der Waals surface area contributed by atoms with Gasteiger partial charge in [0.15, 0.2) is 6.10 Å². The second kappa shape index (κ2) is 10.3. The second-order valence-corrected chi connectivity index (χ2v) is 7.30. The Morgan fingerprint density at radius 2 is 1.64 bits per heavy atom. The smallest absolute Gasteiger partial charge is 0.339 e. The zero-order valence-electron chi connectivity index (χ0n) is 18.1. The maximum Gasteiger partial charge on any atom is 0.339 e. The average Bonchev–Trinajstić information content (AvgIpc) is 2.83. The fourth-order valence-corrected chi connectivity index (χ4v) is 3.09. The maximum absolute atomic E-state index is 13.2. The van der Waals surface area contributed by atoms with E-state index < -0.39 is 22.8 Å². The quantitative estimate of drug-likeness (QED) is 0.224. The molecule has 1 atom stereocenters. The number of ether oxygens (including phenoxy) is 1. The van der Waals surface area contributed by atoms with Crippen molar-refractivity contribution in [1.29, 1.82) is 0 Å². The average molecular weight is 446 g/mol. The molecule has 168 valence electrons. The molecule has 0 aliphatic rings. The highest BCUT2D eigenvalue weighted by molar-refractivity contribution is 6.02. The number of nitrogens with zero attached hydrogens (tertiary/aromatic N) is 1. The molecule has 0 saturated heterocycles. The number of carbonyl (C=O) groups is 3. The van der Waals surface area contributed by atoms with Crippen LogP contribution in [0.5, 0.6) is 0 Å². The first kappa shape index (κ1) is 23.3. The van der Waals surface area contributed by atoms with Crippen LogP contribution in [0.1, 0.15) is 51.3 Å². The number of carbonyl (C=O) groups excluding carboxylic acids is 3. The van der Waals surface area contributed by atoms with E-state index in [1.807, 2.05) is 0 Å². The topological polar surface area (TPSA) is 116 Å². The first-order valence-electron chi connectivity index (χ1n) is 10.2. The number of hydrogen-bond acceptors (Lipinski definition) is 6. The van der Waals surface area contributed by atoms with Gasteiger partial charge in [-0.25, -0.2) is 4.79 Å². The Hall–Kier alpha value is -4.33.